The van der Waals surface area contributed by atoms with Crippen LogP contribution in [0.4, 0.5) is 10.9 Å². The number of benzene rings is 1. The van der Waals surface area contributed by atoms with Gasteiger partial charge in [-0.05, 0) is 23.8 Å². The summed E-state index contributed by atoms with van der Waals surface area (Å²) in [6.45, 7) is 1.53. The van der Waals surface area contributed by atoms with Crippen LogP contribution < -0.4 is 5.32 Å². The second-order valence-electron chi connectivity index (χ2n) is 6.35. The van der Waals surface area contributed by atoms with E-state index in [4.69, 9.17) is 4.74 Å². The van der Waals surface area contributed by atoms with E-state index in [1.807, 2.05) is 48.5 Å². The van der Waals surface area contributed by atoms with Crippen molar-refractivity contribution in [1.29, 1.82) is 0 Å². The van der Waals surface area contributed by atoms with E-state index in [-0.39, 0.29) is 24.5 Å². The molecule has 0 bridgehead atoms. The third-order valence-corrected chi connectivity index (χ3v) is 5.22. The van der Waals surface area contributed by atoms with E-state index in [1.165, 1.54) is 18.3 Å². The molecule has 3 aromatic rings. The van der Waals surface area contributed by atoms with Gasteiger partial charge in [0, 0.05) is 30.5 Å². The molecule has 2 N–H and O–H groups in total. The number of carbonyl (C=O) groups is 1. The summed E-state index contributed by atoms with van der Waals surface area (Å²) in [4.78, 5) is 24.6. The van der Waals surface area contributed by atoms with Gasteiger partial charge in [0.25, 0.3) is 0 Å². The fourth-order valence-electron chi connectivity index (χ4n) is 2.92. The number of anilines is 1. The van der Waals surface area contributed by atoms with E-state index in [1.54, 1.807) is 12.4 Å². The molecule has 0 unspecified atom stereocenters. The number of carbonyl (C=O) groups excluding carboxylic acids is 1. The lowest BCUT2D eigenvalue weighted by Crippen LogP contribution is -2.18. The highest BCUT2D eigenvalue weighted by molar-refractivity contribution is 7.16. The summed E-state index contributed by atoms with van der Waals surface area (Å²) in [5, 5.41) is 14.1. The van der Waals surface area contributed by atoms with Crippen LogP contribution in [0.5, 0.6) is 5.88 Å². The zero-order chi connectivity index (χ0) is 20.2. The molecule has 0 saturated heterocycles. The van der Waals surface area contributed by atoms with Gasteiger partial charge in [0.05, 0.1) is 10.9 Å². The molecule has 0 radical (unpaired) electrons. The normalized spacial score (nSPS) is 14.6. The van der Waals surface area contributed by atoms with Crippen LogP contribution in [0.25, 0.3) is 11.6 Å². The van der Waals surface area contributed by atoms with Crippen molar-refractivity contribution in [1.82, 2.24) is 9.97 Å². The molecule has 7 nitrogen and oxygen atoms in total. The molecular formula is C21H18N4O3S. The lowest BCUT2D eigenvalue weighted by atomic mass is 10.1. The Morgan fingerprint density at radius 3 is 2.90 bits per heavy atom. The Labute approximate surface area is 171 Å². The van der Waals surface area contributed by atoms with E-state index in [0.29, 0.717) is 15.8 Å². The summed E-state index contributed by atoms with van der Waals surface area (Å²) in [6.07, 6.45) is 5.24. The summed E-state index contributed by atoms with van der Waals surface area (Å²) < 4.78 is 5.19. The maximum Gasteiger partial charge on any atom is 0.302 e. The molecule has 3 heterocycles. The molecule has 0 saturated carbocycles. The van der Waals surface area contributed by atoms with Crippen LogP contribution >= 0.6 is 11.3 Å². The molecule has 0 fully saturated rings. The second kappa shape index (κ2) is 8.24. The van der Waals surface area contributed by atoms with E-state index in [9.17, 15) is 9.90 Å². The molecule has 1 aliphatic rings. The minimum absolute atomic E-state index is 0.0740. The van der Waals surface area contributed by atoms with E-state index in [0.717, 1.165) is 16.7 Å². The van der Waals surface area contributed by atoms with Gasteiger partial charge in [0.15, 0.2) is 10.9 Å². The van der Waals surface area contributed by atoms with Crippen molar-refractivity contribution in [3.05, 3.63) is 64.7 Å². The molecule has 4 rings (SSSR count). The average Bonchev–Trinajstić information content (AvgIpc) is 3.29. The van der Waals surface area contributed by atoms with Crippen molar-refractivity contribution in [2.45, 2.75) is 13.0 Å². The highest BCUT2D eigenvalue weighted by atomic mass is 32.1. The van der Waals surface area contributed by atoms with Gasteiger partial charge < -0.3 is 15.2 Å². The summed E-state index contributed by atoms with van der Waals surface area (Å²) in [6, 6.07) is 13.1. The van der Waals surface area contributed by atoms with Crippen molar-refractivity contribution in [3.8, 4) is 5.88 Å². The van der Waals surface area contributed by atoms with E-state index in [2.05, 4.69) is 20.3 Å². The van der Waals surface area contributed by atoms with Gasteiger partial charge in [-0.15, -0.1) is 0 Å². The van der Waals surface area contributed by atoms with Crippen molar-refractivity contribution in [3.63, 3.8) is 0 Å². The first-order valence-corrected chi connectivity index (χ1v) is 9.77. The summed E-state index contributed by atoms with van der Waals surface area (Å²) in [5.41, 5.74) is 2.72. The van der Waals surface area contributed by atoms with Crippen molar-refractivity contribution in [2.24, 2.45) is 4.99 Å². The van der Waals surface area contributed by atoms with Crippen molar-refractivity contribution >= 4 is 46.1 Å². The number of thiazole rings is 1. The molecule has 0 amide bonds. The number of ether oxygens (including phenoxy) is 1. The predicted octanol–water partition coefficient (Wildman–Crippen LogP) is 4.22. The lowest BCUT2D eigenvalue weighted by Gasteiger charge is -2.18. The average molecular weight is 406 g/mol. The first-order chi connectivity index (χ1) is 14.1. The van der Waals surface area contributed by atoms with Crippen LogP contribution in [-0.2, 0) is 9.53 Å². The Balaban J connectivity index is 1.57. The second-order valence-corrected chi connectivity index (χ2v) is 7.38. The number of aliphatic imine (C=N–C) groups is 1. The Bertz CT molecular complexity index is 1090. The number of fused-ring (bicyclic) bond motifs is 1. The van der Waals surface area contributed by atoms with E-state index >= 15 is 0 Å². The summed E-state index contributed by atoms with van der Waals surface area (Å²) in [5.74, 6) is 0.231. The number of pyridine rings is 1. The smallest absolute Gasteiger partial charge is 0.302 e. The molecular weight excluding hydrogens is 388 g/mol. The number of hydrogen-bond donors (Lipinski definition) is 2. The standard InChI is InChI=1S/C21H18N4O3S/c1-13(26)28-12-17(14-6-3-2-4-7-14)24-21-25-20(27)18(29-21)10-15-11-23-19-16(15)8-5-9-22-19/h2-11,17,27H,12H2,1H3,(H,24,25)/t17-/m0/s1. The van der Waals surface area contributed by atoms with Gasteiger partial charge in [-0.25, -0.2) is 9.98 Å². The molecule has 0 spiro atoms. The quantitative estimate of drug-likeness (QED) is 0.595. The SMILES string of the molecule is CC(=O)OC[C@H](Nc1nc(O)c(C=C2C=Nc3ncccc32)s1)c1ccccc1. The first-order valence-electron chi connectivity index (χ1n) is 8.96. The zero-order valence-electron chi connectivity index (χ0n) is 15.6. The van der Waals surface area contributed by atoms with Crippen LogP contribution in [0, 0.1) is 0 Å². The zero-order valence-corrected chi connectivity index (χ0v) is 16.4. The predicted molar refractivity (Wildman–Crippen MR) is 113 cm³/mol. The molecule has 0 aliphatic carbocycles. The molecule has 29 heavy (non-hydrogen) atoms. The third-order valence-electron chi connectivity index (χ3n) is 4.30. The molecule has 2 aromatic heterocycles. The van der Waals surface area contributed by atoms with Crippen LogP contribution in [0.1, 0.15) is 29.0 Å². The number of rotatable bonds is 6. The molecule has 1 atom stereocenters. The Hall–Kier alpha value is -3.52. The van der Waals surface area contributed by atoms with Gasteiger partial charge in [-0.3, -0.25) is 4.79 Å². The maximum absolute atomic E-state index is 11.3. The number of allylic oxidation sites excluding steroid dienone is 1. The van der Waals surface area contributed by atoms with Crippen molar-refractivity contribution < 1.29 is 14.6 Å². The largest absolute Gasteiger partial charge is 0.492 e. The van der Waals surface area contributed by atoms with Crippen LogP contribution in [0.2, 0.25) is 0 Å². The molecule has 8 heteroatoms. The summed E-state index contributed by atoms with van der Waals surface area (Å²) >= 11 is 1.31. The Morgan fingerprint density at radius 2 is 2.10 bits per heavy atom. The number of hydrogen-bond acceptors (Lipinski definition) is 8. The van der Waals surface area contributed by atoms with Gasteiger partial charge in [0.1, 0.15) is 6.61 Å². The molecule has 1 aliphatic heterocycles. The van der Waals surface area contributed by atoms with Gasteiger partial charge in [-0.2, -0.15) is 4.98 Å². The van der Waals surface area contributed by atoms with Gasteiger partial charge in [-0.1, -0.05) is 41.7 Å². The van der Waals surface area contributed by atoms with Crippen LogP contribution in [0.3, 0.4) is 0 Å². The highest BCUT2D eigenvalue weighted by Gasteiger charge is 2.18. The third kappa shape index (κ3) is 4.33. The lowest BCUT2D eigenvalue weighted by molar-refractivity contribution is -0.141. The maximum atomic E-state index is 11.3. The number of aromatic nitrogens is 2. The minimum Gasteiger partial charge on any atom is -0.492 e. The number of esters is 1. The Kier molecular flexibility index (Phi) is 5.35. The minimum atomic E-state index is -0.354. The Morgan fingerprint density at radius 1 is 1.28 bits per heavy atom. The first kappa shape index (κ1) is 18.8. The van der Waals surface area contributed by atoms with Crippen LogP contribution in [-0.4, -0.2) is 33.9 Å². The monoisotopic (exact) mass is 406 g/mol. The van der Waals surface area contributed by atoms with Gasteiger partial charge >= 0.3 is 5.97 Å². The number of nitrogens with one attached hydrogen (secondary N) is 1. The topological polar surface area (TPSA) is 96.7 Å². The fourth-order valence-corrected chi connectivity index (χ4v) is 3.78. The molecule has 1 aromatic carbocycles. The molecule has 146 valence electrons. The fraction of sp³-hybridized carbons (Fsp3) is 0.143. The van der Waals surface area contributed by atoms with Gasteiger partial charge in [0.2, 0.25) is 5.88 Å². The highest BCUT2D eigenvalue weighted by Crippen LogP contribution is 2.36. The van der Waals surface area contributed by atoms with E-state index < -0.39 is 0 Å². The summed E-state index contributed by atoms with van der Waals surface area (Å²) in [7, 11) is 0. The van der Waals surface area contributed by atoms with Crippen LogP contribution in [0.15, 0.2) is 53.7 Å². The number of nitrogens with zero attached hydrogens (tertiary/aromatic N) is 3. The van der Waals surface area contributed by atoms with Crippen molar-refractivity contribution in [2.75, 3.05) is 11.9 Å². The number of aromatic hydroxyl groups is 1.